The third-order valence-electron chi connectivity index (χ3n) is 1.68. The number of alkyl halides is 9. The summed E-state index contributed by atoms with van der Waals surface area (Å²) in [5.41, 5.74) is -5.93. The molecule has 0 aliphatic heterocycles. The Hall–Kier alpha value is -0.930. The quantitative estimate of drug-likeness (QED) is 0.620. The van der Waals surface area contributed by atoms with Gasteiger partial charge in [0.1, 0.15) is 0 Å². The van der Waals surface area contributed by atoms with E-state index in [-0.39, 0.29) is 6.08 Å². The highest BCUT2D eigenvalue weighted by Crippen LogP contribution is 2.53. The second-order valence-corrected chi connectivity index (χ2v) is 2.87. The van der Waals surface area contributed by atoms with Crippen LogP contribution in [0.25, 0.3) is 0 Å². The lowest BCUT2D eigenvalue weighted by molar-refractivity contribution is -0.369. The Kier molecular flexibility index (Phi) is 4.15. The van der Waals surface area contributed by atoms with E-state index in [2.05, 4.69) is 0 Å². The number of aliphatic hydroxyl groups excluding tert-OH is 1. The van der Waals surface area contributed by atoms with Crippen molar-refractivity contribution in [1.29, 1.82) is 0 Å². The van der Waals surface area contributed by atoms with Crippen LogP contribution in [0.4, 0.5) is 39.5 Å². The molecule has 0 amide bonds. The van der Waals surface area contributed by atoms with Crippen molar-refractivity contribution in [2.75, 3.05) is 6.61 Å². The zero-order valence-corrected chi connectivity index (χ0v) is 7.71. The lowest BCUT2D eigenvalue weighted by Crippen LogP contribution is -2.61. The number of halogens is 9. The number of aliphatic hydroxyl groups is 1. The van der Waals surface area contributed by atoms with Crippen LogP contribution in [-0.4, -0.2) is 35.7 Å². The average Bonchev–Trinajstić information content (AvgIpc) is 2.10. The fraction of sp³-hybridized carbons (Fsp3) is 0.714. The topological polar surface area (TPSA) is 20.2 Å². The summed E-state index contributed by atoms with van der Waals surface area (Å²) in [5, 5.41) is 8.02. The molecule has 10 heteroatoms. The molecular formula is C7H5F9O. The van der Waals surface area contributed by atoms with Crippen molar-refractivity contribution in [3.05, 3.63) is 12.2 Å². The van der Waals surface area contributed by atoms with Crippen molar-refractivity contribution in [2.45, 2.75) is 23.9 Å². The van der Waals surface area contributed by atoms with E-state index in [1.807, 2.05) is 0 Å². The summed E-state index contributed by atoms with van der Waals surface area (Å²) in [6.07, 6.45) is -14.5. The van der Waals surface area contributed by atoms with Gasteiger partial charge in [0.2, 0.25) is 0 Å². The van der Waals surface area contributed by atoms with Crippen molar-refractivity contribution < 1.29 is 44.6 Å². The Morgan fingerprint density at radius 2 is 1.18 bits per heavy atom. The summed E-state index contributed by atoms with van der Waals surface area (Å²) >= 11 is 0. The van der Waals surface area contributed by atoms with Crippen LogP contribution in [0.5, 0.6) is 0 Å². The molecule has 0 saturated heterocycles. The van der Waals surface area contributed by atoms with Crippen molar-refractivity contribution in [3.8, 4) is 0 Å². The Labute approximate surface area is 88.5 Å². The molecular weight excluding hydrogens is 271 g/mol. The molecule has 102 valence electrons. The lowest BCUT2D eigenvalue weighted by Gasteiger charge is -2.33. The molecule has 17 heavy (non-hydrogen) atoms. The van der Waals surface area contributed by atoms with Crippen LogP contribution in [0.2, 0.25) is 0 Å². The Balaban J connectivity index is 5.73. The van der Waals surface area contributed by atoms with Gasteiger partial charge in [-0.15, -0.1) is 0 Å². The predicted octanol–water partition coefficient (Wildman–Crippen LogP) is 3.00. The molecule has 1 atom stereocenters. The summed E-state index contributed by atoms with van der Waals surface area (Å²) in [6, 6.07) is 0. The summed E-state index contributed by atoms with van der Waals surface area (Å²) in [4.78, 5) is 0. The van der Waals surface area contributed by atoms with E-state index in [4.69, 9.17) is 5.11 Å². The second kappa shape index (κ2) is 4.39. The molecule has 0 unspecified atom stereocenters. The van der Waals surface area contributed by atoms with Gasteiger partial charge in [0.05, 0.1) is 6.61 Å². The summed E-state index contributed by atoms with van der Waals surface area (Å²) in [7, 11) is 0. The molecule has 0 saturated carbocycles. The number of hydrogen-bond donors (Lipinski definition) is 1. The monoisotopic (exact) mass is 276 g/mol. The first kappa shape index (κ1) is 16.1. The van der Waals surface area contributed by atoms with Gasteiger partial charge in [0.25, 0.3) is 5.67 Å². The van der Waals surface area contributed by atoms with Crippen LogP contribution >= 0.6 is 0 Å². The second-order valence-electron chi connectivity index (χ2n) is 2.87. The fourth-order valence-electron chi connectivity index (χ4n) is 0.799. The van der Waals surface area contributed by atoms with Crippen molar-refractivity contribution >= 4 is 0 Å². The highest BCUT2D eigenvalue weighted by Gasteiger charge is 2.80. The molecule has 0 aromatic carbocycles. The van der Waals surface area contributed by atoms with Crippen molar-refractivity contribution in [2.24, 2.45) is 0 Å². The van der Waals surface area contributed by atoms with Crippen LogP contribution in [0, 0.1) is 0 Å². The molecule has 1 nitrogen and oxygen atoms in total. The van der Waals surface area contributed by atoms with E-state index in [0.29, 0.717) is 0 Å². The molecule has 0 rings (SSSR count). The van der Waals surface area contributed by atoms with Gasteiger partial charge in [-0.2, -0.15) is 35.1 Å². The Bertz CT molecular complexity index is 289. The maximum atomic E-state index is 13.0. The third kappa shape index (κ3) is 2.67. The van der Waals surface area contributed by atoms with Gasteiger partial charge in [-0.05, 0) is 6.08 Å². The van der Waals surface area contributed by atoms with Crippen molar-refractivity contribution in [1.82, 2.24) is 0 Å². The molecule has 0 aromatic rings. The fourth-order valence-corrected chi connectivity index (χ4v) is 0.799. The highest BCUT2D eigenvalue weighted by molar-refractivity contribution is 5.16. The van der Waals surface area contributed by atoms with E-state index in [1.165, 1.54) is 0 Å². The highest BCUT2D eigenvalue weighted by atomic mass is 19.4. The largest absolute Gasteiger partial charge is 0.457 e. The molecule has 0 spiro atoms. The van der Waals surface area contributed by atoms with Crippen molar-refractivity contribution in [3.63, 3.8) is 0 Å². The van der Waals surface area contributed by atoms with Crippen LogP contribution in [0.3, 0.4) is 0 Å². The van der Waals surface area contributed by atoms with Crippen LogP contribution in [0.15, 0.2) is 12.2 Å². The SMILES string of the molecule is OC/C=C/[C@@](F)(C(F)(F)F)C(F)(F)C(F)(F)F. The van der Waals surface area contributed by atoms with Gasteiger partial charge in [-0.25, -0.2) is 4.39 Å². The first-order chi connectivity index (χ1) is 7.31. The van der Waals surface area contributed by atoms with E-state index < -0.39 is 36.6 Å². The van der Waals surface area contributed by atoms with Crippen LogP contribution < -0.4 is 0 Å². The zero-order valence-electron chi connectivity index (χ0n) is 7.71. The van der Waals surface area contributed by atoms with E-state index in [1.54, 1.807) is 0 Å². The Morgan fingerprint density at radius 1 is 0.765 bits per heavy atom. The predicted molar refractivity (Wildman–Crippen MR) is 37.1 cm³/mol. The molecule has 1 N–H and O–H groups in total. The molecule has 0 aliphatic rings. The van der Waals surface area contributed by atoms with E-state index >= 15 is 0 Å². The summed E-state index contributed by atoms with van der Waals surface area (Å²) in [6.45, 7) is -1.32. The van der Waals surface area contributed by atoms with Crippen LogP contribution in [-0.2, 0) is 0 Å². The minimum Gasteiger partial charge on any atom is -0.392 e. The molecule has 0 radical (unpaired) electrons. The van der Waals surface area contributed by atoms with Gasteiger partial charge in [-0.1, -0.05) is 6.08 Å². The number of rotatable bonds is 3. The number of hydrogen-bond acceptors (Lipinski definition) is 1. The molecule has 0 bridgehead atoms. The maximum Gasteiger partial charge on any atom is 0.457 e. The van der Waals surface area contributed by atoms with Gasteiger partial charge in [0, 0.05) is 0 Å². The first-order valence-electron chi connectivity index (χ1n) is 3.80. The van der Waals surface area contributed by atoms with Gasteiger partial charge in [-0.3, -0.25) is 0 Å². The standard InChI is InChI=1S/C7H5F9O/c8-4(2-1-3-17,6(11,12)13)5(9,10)7(14,15)16/h1-2,17H,3H2/b2-1+/t4-/m0/s1. The Morgan fingerprint density at radius 3 is 1.41 bits per heavy atom. The zero-order chi connectivity index (χ0) is 14.1. The van der Waals surface area contributed by atoms with E-state index in [0.717, 1.165) is 0 Å². The molecule has 0 aromatic heterocycles. The smallest absolute Gasteiger partial charge is 0.392 e. The van der Waals surface area contributed by atoms with Crippen LogP contribution in [0.1, 0.15) is 0 Å². The van der Waals surface area contributed by atoms with Gasteiger partial charge in [0.15, 0.2) is 0 Å². The maximum absolute atomic E-state index is 13.0. The summed E-state index contributed by atoms with van der Waals surface area (Å²) < 4.78 is 109. The minimum absolute atomic E-state index is 0.187. The summed E-state index contributed by atoms with van der Waals surface area (Å²) in [5.74, 6) is -6.66. The van der Waals surface area contributed by atoms with Gasteiger partial charge < -0.3 is 5.11 Å². The molecule has 0 fully saturated rings. The van der Waals surface area contributed by atoms with E-state index in [9.17, 15) is 39.5 Å². The normalized spacial score (nSPS) is 18.5. The average molecular weight is 276 g/mol. The third-order valence-corrected chi connectivity index (χ3v) is 1.68. The minimum atomic E-state index is -6.73. The molecule has 0 heterocycles. The number of allylic oxidation sites excluding steroid dienone is 1. The first-order valence-corrected chi connectivity index (χ1v) is 3.80. The van der Waals surface area contributed by atoms with Gasteiger partial charge >= 0.3 is 18.3 Å². The molecule has 0 aliphatic carbocycles. The lowest BCUT2D eigenvalue weighted by atomic mass is 9.95.